The summed E-state index contributed by atoms with van der Waals surface area (Å²) in [5.41, 5.74) is 3.97. The number of hydrogen-bond acceptors (Lipinski definition) is 3. The maximum Gasteiger partial charge on any atom is 0.0931 e. The lowest BCUT2D eigenvalue weighted by atomic mass is 10.2. The van der Waals surface area contributed by atoms with Crippen LogP contribution >= 0.6 is 0 Å². The van der Waals surface area contributed by atoms with Gasteiger partial charge in [-0.25, -0.2) is 4.98 Å². The van der Waals surface area contributed by atoms with E-state index in [0.717, 1.165) is 22.4 Å². The largest absolute Gasteiger partial charge is 0.354 e. The molecule has 0 bridgehead atoms. The Morgan fingerprint density at radius 1 is 1.12 bits per heavy atom. The molecule has 0 radical (unpaired) electrons. The van der Waals surface area contributed by atoms with E-state index in [1.54, 1.807) is 18.7 Å². The third-order valence-electron chi connectivity index (χ3n) is 2.37. The van der Waals surface area contributed by atoms with Crippen LogP contribution in [-0.4, -0.2) is 15.0 Å². The van der Waals surface area contributed by atoms with Crippen molar-refractivity contribution in [1.82, 2.24) is 15.0 Å². The number of rotatable bonds is 2. The molecule has 0 aliphatic rings. The fourth-order valence-electron chi connectivity index (χ4n) is 1.61. The number of H-pyrrole nitrogens is 1. The smallest absolute Gasteiger partial charge is 0.0931 e. The lowest BCUT2D eigenvalue weighted by Gasteiger charge is -2.04. The third kappa shape index (κ3) is 1.61. The van der Waals surface area contributed by atoms with E-state index in [2.05, 4.69) is 20.3 Å². The Labute approximate surface area is 92.4 Å². The second kappa shape index (κ2) is 3.66. The first-order valence-electron chi connectivity index (χ1n) is 5.02. The standard InChI is InChI=1S/C12H10N4/c1-2-10(7-13-5-1)16-9-3-4-11-12(6-9)15-8-14-11/h1-8,16H,(H,14,15). The predicted octanol–water partition coefficient (Wildman–Crippen LogP) is 2.70. The van der Waals surface area contributed by atoms with Gasteiger partial charge in [-0.1, -0.05) is 0 Å². The average molecular weight is 210 g/mol. The quantitative estimate of drug-likeness (QED) is 0.683. The summed E-state index contributed by atoms with van der Waals surface area (Å²) in [4.78, 5) is 11.3. The van der Waals surface area contributed by atoms with Crippen molar-refractivity contribution >= 4 is 22.4 Å². The van der Waals surface area contributed by atoms with Crippen molar-refractivity contribution in [2.24, 2.45) is 0 Å². The molecule has 0 unspecified atom stereocenters. The molecule has 0 aliphatic carbocycles. The number of aromatic amines is 1. The van der Waals surface area contributed by atoms with E-state index < -0.39 is 0 Å². The molecule has 16 heavy (non-hydrogen) atoms. The molecular weight excluding hydrogens is 200 g/mol. The SMILES string of the molecule is c1cncc(Nc2ccc3[nH]cnc3c2)c1. The Bertz CT molecular complexity index is 600. The second-order valence-electron chi connectivity index (χ2n) is 3.50. The molecule has 2 aromatic heterocycles. The number of aromatic nitrogens is 3. The van der Waals surface area contributed by atoms with Crippen LogP contribution in [0.2, 0.25) is 0 Å². The van der Waals surface area contributed by atoms with E-state index in [4.69, 9.17) is 0 Å². The Kier molecular flexibility index (Phi) is 2.04. The molecule has 0 saturated heterocycles. The van der Waals surface area contributed by atoms with Gasteiger partial charge in [-0.3, -0.25) is 4.98 Å². The average Bonchev–Trinajstić information content (AvgIpc) is 2.77. The van der Waals surface area contributed by atoms with E-state index in [1.165, 1.54) is 0 Å². The van der Waals surface area contributed by atoms with Gasteiger partial charge in [0.15, 0.2) is 0 Å². The van der Waals surface area contributed by atoms with Crippen molar-refractivity contribution in [2.75, 3.05) is 5.32 Å². The van der Waals surface area contributed by atoms with Crippen molar-refractivity contribution < 1.29 is 0 Å². The Hall–Kier alpha value is -2.36. The van der Waals surface area contributed by atoms with E-state index >= 15 is 0 Å². The maximum absolute atomic E-state index is 4.21. The highest BCUT2D eigenvalue weighted by Crippen LogP contribution is 2.19. The van der Waals surface area contributed by atoms with Crippen LogP contribution in [-0.2, 0) is 0 Å². The Morgan fingerprint density at radius 3 is 3.00 bits per heavy atom. The molecule has 0 atom stereocenters. The van der Waals surface area contributed by atoms with Gasteiger partial charge in [-0.05, 0) is 30.3 Å². The molecular formula is C12H10N4. The number of anilines is 2. The fourth-order valence-corrected chi connectivity index (χ4v) is 1.61. The Morgan fingerprint density at radius 2 is 2.12 bits per heavy atom. The van der Waals surface area contributed by atoms with Crippen LogP contribution < -0.4 is 5.32 Å². The molecule has 3 rings (SSSR count). The minimum absolute atomic E-state index is 0.953. The number of imidazole rings is 1. The zero-order valence-electron chi connectivity index (χ0n) is 8.51. The van der Waals surface area contributed by atoms with E-state index in [0.29, 0.717) is 0 Å². The highest BCUT2D eigenvalue weighted by molar-refractivity contribution is 5.80. The summed E-state index contributed by atoms with van der Waals surface area (Å²) in [7, 11) is 0. The van der Waals surface area contributed by atoms with Gasteiger partial charge < -0.3 is 10.3 Å². The van der Waals surface area contributed by atoms with Gasteiger partial charge in [-0.15, -0.1) is 0 Å². The molecule has 0 fully saturated rings. The van der Waals surface area contributed by atoms with Gasteiger partial charge >= 0.3 is 0 Å². The summed E-state index contributed by atoms with van der Waals surface area (Å²) < 4.78 is 0. The van der Waals surface area contributed by atoms with Crippen LogP contribution in [0.25, 0.3) is 11.0 Å². The molecule has 2 heterocycles. The molecule has 4 nitrogen and oxygen atoms in total. The first-order valence-corrected chi connectivity index (χ1v) is 5.02. The van der Waals surface area contributed by atoms with Gasteiger partial charge in [0.1, 0.15) is 0 Å². The van der Waals surface area contributed by atoms with Gasteiger partial charge in [-0.2, -0.15) is 0 Å². The number of fused-ring (bicyclic) bond motifs is 1. The minimum atomic E-state index is 0.953. The monoisotopic (exact) mass is 210 g/mol. The molecule has 0 aliphatic heterocycles. The number of nitrogens with zero attached hydrogens (tertiary/aromatic N) is 2. The number of hydrogen-bond donors (Lipinski definition) is 2. The summed E-state index contributed by atoms with van der Waals surface area (Å²) >= 11 is 0. The summed E-state index contributed by atoms with van der Waals surface area (Å²) in [6.45, 7) is 0. The van der Waals surface area contributed by atoms with Crippen molar-refractivity contribution in [3.8, 4) is 0 Å². The van der Waals surface area contributed by atoms with Crippen LogP contribution in [0.1, 0.15) is 0 Å². The van der Waals surface area contributed by atoms with Gasteiger partial charge in [0.25, 0.3) is 0 Å². The van der Waals surface area contributed by atoms with Gasteiger partial charge in [0.05, 0.1) is 29.2 Å². The first-order chi connectivity index (χ1) is 7.92. The van der Waals surface area contributed by atoms with Crippen LogP contribution in [0, 0.1) is 0 Å². The van der Waals surface area contributed by atoms with Crippen molar-refractivity contribution in [3.63, 3.8) is 0 Å². The fraction of sp³-hybridized carbons (Fsp3) is 0. The summed E-state index contributed by atoms with van der Waals surface area (Å²) in [6, 6.07) is 9.88. The molecule has 78 valence electrons. The zero-order chi connectivity index (χ0) is 10.8. The number of pyridine rings is 1. The minimum Gasteiger partial charge on any atom is -0.354 e. The molecule has 0 amide bonds. The van der Waals surface area contributed by atoms with E-state index in [9.17, 15) is 0 Å². The van der Waals surface area contributed by atoms with Crippen molar-refractivity contribution in [2.45, 2.75) is 0 Å². The third-order valence-corrected chi connectivity index (χ3v) is 2.37. The van der Waals surface area contributed by atoms with Crippen LogP contribution in [0.5, 0.6) is 0 Å². The molecule has 3 aromatic rings. The number of benzene rings is 1. The molecule has 0 saturated carbocycles. The normalized spacial score (nSPS) is 10.5. The lowest BCUT2D eigenvalue weighted by Crippen LogP contribution is -1.90. The van der Waals surface area contributed by atoms with Crippen LogP contribution in [0.15, 0.2) is 49.1 Å². The summed E-state index contributed by atoms with van der Waals surface area (Å²) in [5.74, 6) is 0. The summed E-state index contributed by atoms with van der Waals surface area (Å²) in [5, 5.41) is 3.27. The molecule has 4 heteroatoms. The van der Waals surface area contributed by atoms with E-state index in [1.807, 2.05) is 30.3 Å². The second-order valence-corrected chi connectivity index (χ2v) is 3.50. The molecule has 0 spiro atoms. The lowest BCUT2D eigenvalue weighted by molar-refractivity contribution is 1.32. The first kappa shape index (κ1) is 8.91. The van der Waals surface area contributed by atoms with Crippen molar-refractivity contribution in [3.05, 3.63) is 49.1 Å². The van der Waals surface area contributed by atoms with E-state index in [-0.39, 0.29) is 0 Å². The van der Waals surface area contributed by atoms with Gasteiger partial charge in [0, 0.05) is 11.9 Å². The molecule has 2 N–H and O–H groups in total. The topological polar surface area (TPSA) is 53.6 Å². The van der Waals surface area contributed by atoms with Crippen molar-refractivity contribution in [1.29, 1.82) is 0 Å². The number of nitrogens with one attached hydrogen (secondary N) is 2. The highest BCUT2D eigenvalue weighted by Gasteiger charge is 1.98. The van der Waals surface area contributed by atoms with Crippen LogP contribution in [0.3, 0.4) is 0 Å². The highest BCUT2D eigenvalue weighted by atomic mass is 14.9. The Balaban J connectivity index is 1.94. The summed E-state index contributed by atoms with van der Waals surface area (Å²) in [6.07, 6.45) is 5.23. The predicted molar refractivity (Wildman–Crippen MR) is 63.6 cm³/mol. The van der Waals surface area contributed by atoms with Crippen LogP contribution in [0.4, 0.5) is 11.4 Å². The van der Waals surface area contributed by atoms with Gasteiger partial charge in [0.2, 0.25) is 0 Å². The zero-order valence-corrected chi connectivity index (χ0v) is 8.51. The molecule has 1 aromatic carbocycles. The maximum atomic E-state index is 4.21.